The standard InChI is InChI=1S/C28H24N2O3/c31-25-28(20-12-5-6-13-21(20)29-25)27(17-19-11-4-7-15-23(19)33-26(27)32)24(18-9-2-1-3-10-18)22-14-8-16-30(22)28/h1-7,9-13,15,22,24H,8,14,16-17H2,(H,29,31)/t22-,24-,27-,28-/m0/s1. The SMILES string of the molecule is O=C1Nc2ccccc2[C@]12N1CCC[C@H]1[C@H](c1ccccc1)[C@]21Cc2ccccc2OC1=O. The number of ether oxygens (including phenoxy) is 1. The van der Waals surface area contributed by atoms with Crippen molar-refractivity contribution in [3.8, 4) is 5.75 Å². The molecule has 1 amide bonds. The molecule has 7 rings (SSSR count). The average Bonchev–Trinajstić information content (AvgIpc) is 3.48. The van der Waals surface area contributed by atoms with Crippen molar-refractivity contribution in [1.82, 2.24) is 4.90 Å². The molecule has 0 saturated carbocycles. The lowest BCUT2D eigenvalue weighted by Crippen LogP contribution is -2.62. The van der Waals surface area contributed by atoms with Gasteiger partial charge in [-0.2, -0.15) is 0 Å². The monoisotopic (exact) mass is 436 g/mol. The fourth-order valence-corrected chi connectivity index (χ4v) is 7.33. The molecule has 33 heavy (non-hydrogen) atoms. The highest BCUT2D eigenvalue weighted by molar-refractivity contribution is 6.11. The number of para-hydroxylation sites is 2. The largest absolute Gasteiger partial charge is 0.426 e. The molecule has 0 aliphatic carbocycles. The van der Waals surface area contributed by atoms with Gasteiger partial charge in [0.25, 0.3) is 5.91 Å². The number of nitrogens with zero attached hydrogens (tertiary/aromatic N) is 1. The Kier molecular flexibility index (Phi) is 3.78. The molecule has 2 fully saturated rings. The Morgan fingerprint density at radius 3 is 2.55 bits per heavy atom. The van der Waals surface area contributed by atoms with Gasteiger partial charge in [0.05, 0.1) is 0 Å². The number of fused-ring (bicyclic) bond motifs is 6. The van der Waals surface area contributed by atoms with Crippen molar-refractivity contribution >= 4 is 17.6 Å². The number of benzene rings is 3. The Morgan fingerprint density at radius 2 is 1.67 bits per heavy atom. The number of anilines is 1. The number of carbonyl (C=O) groups is 2. The Morgan fingerprint density at radius 1 is 0.909 bits per heavy atom. The smallest absolute Gasteiger partial charge is 0.321 e. The summed E-state index contributed by atoms with van der Waals surface area (Å²) in [6, 6.07) is 26.0. The van der Waals surface area contributed by atoms with Crippen LogP contribution in [0.1, 0.15) is 35.4 Å². The number of amides is 1. The highest BCUT2D eigenvalue weighted by Crippen LogP contribution is 2.69. The van der Waals surface area contributed by atoms with Crippen molar-refractivity contribution in [2.24, 2.45) is 5.41 Å². The van der Waals surface area contributed by atoms with Crippen LogP contribution >= 0.6 is 0 Å². The number of esters is 1. The molecule has 164 valence electrons. The summed E-state index contributed by atoms with van der Waals surface area (Å²) in [4.78, 5) is 30.8. The molecule has 0 bridgehead atoms. The second-order valence-electron chi connectivity index (χ2n) is 9.65. The second-order valence-corrected chi connectivity index (χ2v) is 9.65. The average molecular weight is 437 g/mol. The highest BCUT2D eigenvalue weighted by Gasteiger charge is 2.79. The number of carbonyl (C=O) groups excluding carboxylic acids is 2. The lowest BCUT2D eigenvalue weighted by atomic mass is 9.56. The summed E-state index contributed by atoms with van der Waals surface area (Å²) >= 11 is 0. The zero-order valence-electron chi connectivity index (χ0n) is 18.2. The molecule has 4 atom stereocenters. The van der Waals surface area contributed by atoms with E-state index in [2.05, 4.69) is 22.3 Å². The molecule has 0 aromatic heterocycles. The Hall–Kier alpha value is -3.44. The minimum atomic E-state index is -1.10. The highest BCUT2D eigenvalue weighted by atomic mass is 16.5. The van der Waals surface area contributed by atoms with Crippen LogP contribution in [0.15, 0.2) is 78.9 Å². The molecule has 2 saturated heterocycles. The summed E-state index contributed by atoms with van der Waals surface area (Å²) in [5, 5.41) is 3.14. The van der Waals surface area contributed by atoms with Gasteiger partial charge in [-0.3, -0.25) is 14.5 Å². The van der Waals surface area contributed by atoms with Crippen LogP contribution in [0.5, 0.6) is 5.75 Å². The molecule has 0 unspecified atom stereocenters. The molecular weight excluding hydrogens is 412 g/mol. The first-order chi connectivity index (χ1) is 16.2. The van der Waals surface area contributed by atoms with E-state index in [1.54, 1.807) is 0 Å². The van der Waals surface area contributed by atoms with Gasteiger partial charge in [-0.15, -0.1) is 0 Å². The van der Waals surface area contributed by atoms with Crippen molar-refractivity contribution < 1.29 is 14.3 Å². The first-order valence-corrected chi connectivity index (χ1v) is 11.7. The van der Waals surface area contributed by atoms with Crippen LogP contribution in [-0.2, 0) is 21.5 Å². The van der Waals surface area contributed by atoms with Crippen LogP contribution in [0, 0.1) is 5.41 Å². The molecule has 1 N–H and O–H groups in total. The lowest BCUT2D eigenvalue weighted by Gasteiger charge is -2.47. The summed E-state index contributed by atoms with van der Waals surface area (Å²) in [6.07, 6.45) is 2.43. The number of hydrogen-bond donors (Lipinski definition) is 1. The van der Waals surface area contributed by atoms with Gasteiger partial charge in [-0.05, 0) is 49.1 Å². The molecule has 0 radical (unpaired) electrons. The fourth-order valence-electron chi connectivity index (χ4n) is 7.33. The minimum Gasteiger partial charge on any atom is -0.426 e. The van der Waals surface area contributed by atoms with Crippen molar-refractivity contribution in [2.45, 2.75) is 36.8 Å². The third-order valence-corrected chi connectivity index (χ3v) is 8.35. The Balaban J connectivity index is 1.58. The lowest BCUT2D eigenvalue weighted by molar-refractivity contribution is -0.160. The van der Waals surface area contributed by atoms with Crippen molar-refractivity contribution in [2.75, 3.05) is 11.9 Å². The van der Waals surface area contributed by atoms with Crippen molar-refractivity contribution in [3.05, 3.63) is 95.6 Å². The second kappa shape index (κ2) is 6.55. The maximum absolute atomic E-state index is 14.3. The number of nitrogens with one attached hydrogen (secondary N) is 1. The van der Waals surface area contributed by atoms with E-state index < -0.39 is 11.0 Å². The molecule has 2 spiro atoms. The van der Waals surface area contributed by atoms with Gasteiger partial charge in [-0.1, -0.05) is 66.7 Å². The van der Waals surface area contributed by atoms with Gasteiger partial charge in [0, 0.05) is 23.2 Å². The van der Waals surface area contributed by atoms with Crippen LogP contribution in [-0.4, -0.2) is 29.4 Å². The summed E-state index contributed by atoms with van der Waals surface area (Å²) in [5.41, 5.74) is 1.61. The van der Waals surface area contributed by atoms with E-state index in [9.17, 15) is 9.59 Å². The third kappa shape index (κ3) is 2.16. The van der Waals surface area contributed by atoms with Crippen molar-refractivity contribution in [1.29, 1.82) is 0 Å². The summed E-state index contributed by atoms with van der Waals surface area (Å²) in [5.74, 6) is 0.0504. The van der Waals surface area contributed by atoms with E-state index in [0.29, 0.717) is 12.2 Å². The quantitative estimate of drug-likeness (QED) is 0.458. The van der Waals surface area contributed by atoms with Gasteiger partial charge in [0.15, 0.2) is 0 Å². The predicted octanol–water partition coefficient (Wildman–Crippen LogP) is 4.24. The van der Waals surface area contributed by atoms with Gasteiger partial charge in [0.2, 0.25) is 0 Å². The third-order valence-electron chi connectivity index (χ3n) is 8.35. The van der Waals surface area contributed by atoms with Crippen LogP contribution in [0.2, 0.25) is 0 Å². The van der Waals surface area contributed by atoms with Crippen LogP contribution in [0.3, 0.4) is 0 Å². The molecule has 5 nitrogen and oxygen atoms in total. The van der Waals surface area contributed by atoms with E-state index >= 15 is 0 Å². The molecule has 4 heterocycles. The van der Waals surface area contributed by atoms with Crippen LogP contribution in [0.4, 0.5) is 5.69 Å². The van der Waals surface area contributed by atoms with E-state index in [-0.39, 0.29) is 23.8 Å². The molecular formula is C28H24N2O3. The number of rotatable bonds is 1. The summed E-state index contributed by atoms with van der Waals surface area (Å²) in [7, 11) is 0. The fraction of sp³-hybridized carbons (Fsp3) is 0.286. The van der Waals surface area contributed by atoms with Crippen LogP contribution in [0.25, 0.3) is 0 Å². The first kappa shape index (κ1) is 19.1. The maximum Gasteiger partial charge on any atom is 0.321 e. The Bertz CT molecular complexity index is 1310. The van der Waals surface area contributed by atoms with Gasteiger partial charge in [-0.25, -0.2) is 0 Å². The van der Waals surface area contributed by atoms with E-state index in [1.165, 1.54) is 0 Å². The molecule has 3 aromatic rings. The maximum atomic E-state index is 14.3. The summed E-state index contributed by atoms with van der Waals surface area (Å²) in [6.45, 7) is 0.784. The van der Waals surface area contributed by atoms with E-state index in [1.807, 2.05) is 66.7 Å². The van der Waals surface area contributed by atoms with Crippen molar-refractivity contribution in [3.63, 3.8) is 0 Å². The molecule has 3 aromatic carbocycles. The zero-order valence-corrected chi connectivity index (χ0v) is 18.2. The zero-order chi connectivity index (χ0) is 22.2. The minimum absolute atomic E-state index is 0.0853. The van der Waals surface area contributed by atoms with Gasteiger partial charge < -0.3 is 10.1 Å². The first-order valence-electron chi connectivity index (χ1n) is 11.7. The predicted molar refractivity (Wildman–Crippen MR) is 124 cm³/mol. The normalized spacial score (nSPS) is 31.9. The molecule has 4 aliphatic rings. The Labute approximate surface area is 192 Å². The number of hydrogen-bond acceptors (Lipinski definition) is 4. The topological polar surface area (TPSA) is 58.6 Å². The van der Waals surface area contributed by atoms with E-state index in [0.717, 1.165) is 41.8 Å². The van der Waals surface area contributed by atoms with E-state index in [4.69, 9.17) is 4.74 Å². The summed E-state index contributed by atoms with van der Waals surface area (Å²) < 4.78 is 6.09. The van der Waals surface area contributed by atoms with Gasteiger partial charge in [0.1, 0.15) is 16.7 Å². The molecule has 4 aliphatic heterocycles. The van der Waals surface area contributed by atoms with Crippen LogP contribution < -0.4 is 10.1 Å². The molecule has 5 heteroatoms. The van der Waals surface area contributed by atoms with Gasteiger partial charge >= 0.3 is 5.97 Å².